The zero-order valence-corrected chi connectivity index (χ0v) is 9.71. The van der Waals surface area contributed by atoms with Crippen LogP contribution in [0.1, 0.15) is 12.5 Å². The van der Waals surface area contributed by atoms with Gasteiger partial charge < -0.3 is 9.84 Å². The van der Waals surface area contributed by atoms with Gasteiger partial charge in [-0.25, -0.2) is 5.43 Å². The molecule has 0 atom stereocenters. The van der Waals surface area contributed by atoms with Gasteiger partial charge in [-0.15, -0.1) is 0 Å². The maximum atomic E-state index is 10.7. The number of phenols is 1. The number of nitro benzene ring substituents is 1. The molecule has 1 aromatic carbocycles. The number of benzene rings is 1. The first kappa shape index (κ1) is 13.4. The molecule has 8 nitrogen and oxygen atoms in total. The van der Waals surface area contributed by atoms with E-state index >= 15 is 0 Å². The summed E-state index contributed by atoms with van der Waals surface area (Å²) >= 11 is 0. The third-order valence-corrected chi connectivity index (χ3v) is 1.93. The highest BCUT2D eigenvalue weighted by molar-refractivity contribution is 5.84. The van der Waals surface area contributed by atoms with Crippen molar-refractivity contribution in [1.82, 2.24) is 5.43 Å². The van der Waals surface area contributed by atoms with E-state index in [0.29, 0.717) is 5.56 Å². The highest BCUT2D eigenvalue weighted by Crippen LogP contribution is 2.36. The van der Waals surface area contributed by atoms with Crippen molar-refractivity contribution in [3.8, 4) is 11.5 Å². The Balaban J connectivity index is 3.13. The Kier molecular flexibility index (Phi) is 4.19. The zero-order valence-electron chi connectivity index (χ0n) is 9.71. The van der Waals surface area contributed by atoms with Crippen LogP contribution in [-0.2, 0) is 4.79 Å². The van der Waals surface area contributed by atoms with Gasteiger partial charge in [-0.05, 0) is 6.07 Å². The summed E-state index contributed by atoms with van der Waals surface area (Å²) in [7, 11) is 1.27. The van der Waals surface area contributed by atoms with Crippen LogP contribution in [0.2, 0.25) is 0 Å². The number of aromatic hydroxyl groups is 1. The molecule has 0 saturated carbocycles. The number of phenolic OH excluding ortho intramolecular Hbond substituents is 1. The lowest BCUT2D eigenvalue weighted by molar-refractivity contribution is -0.386. The minimum absolute atomic E-state index is 0.0477. The van der Waals surface area contributed by atoms with E-state index in [2.05, 4.69) is 10.5 Å². The van der Waals surface area contributed by atoms with E-state index in [0.717, 1.165) is 6.07 Å². The fraction of sp³-hybridized carbons (Fsp3) is 0.200. The SMILES string of the molecule is COc1cc(/C=N\NC(C)=O)cc([N+](=O)[O-])c1O. The van der Waals surface area contributed by atoms with Crippen LogP contribution in [0, 0.1) is 10.1 Å². The topological polar surface area (TPSA) is 114 Å². The molecular formula is C10H11N3O5. The average molecular weight is 253 g/mol. The van der Waals surface area contributed by atoms with Crippen molar-refractivity contribution in [3.05, 3.63) is 27.8 Å². The van der Waals surface area contributed by atoms with Gasteiger partial charge in [0.1, 0.15) is 0 Å². The van der Waals surface area contributed by atoms with Crippen molar-refractivity contribution in [2.75, 3.05) is 7.11 Å². The van der Waals surface area contributed by atoms with E-state index in [9.17, 15) is 20.0 Å². The zero-order chi connectivity index (χ0) is 13.7. The second-order valence-electron chi connectivity index (χ2n) is 3.27. The van der Waals surface area contributed by atoms with E-state index < -0.39 is 16.4 Å². The summed E-state index contributed by atoms with van der Waals surface area (Å²) in [6.07, 6.45) is 1.20. The lowest BCUT2D eigenvalue weighted by atomic mass is 10.2. The quantitative estimate of drug-likeness (QED) is 0.467. The molecule has 2 N–H and O–H groups in total. The van der Waals surface area contributed by atoms with Crippen LogP contribution in [0.4, 0.5) is 5.69 Å². The van der Waals surface area contributed by atoms with Crippen LogP contribution in [0.3, 0.4) is 0 Å². The molecule has 0 spiro atoms. The molecule has 1 aromatic rings. The maximum absolute atomic E-state index is 10.7. The highest BCUT2D eigenvalue weighted by Gasteiger charge is 2.19. The van der Waals surface area contributed by atoms with Crippen molar-refractivity contribution < 1.29 is 19.6 Å². The van der Waals surface area contributed by atoms with E-state index in [1.165, 1.54) is 26.3 Å². The van der Waals surface area contributed by atoms with Gasteiger partial charge in [-0.1, -0.05) is 0 Å². The largest absolute Gasteiger partial charge is 0.500 e. The Morgan fingerprint density at radius 1 is 1.61 bits per heavy atom. The van der Waals surface area contributed by atoms with Gasteiger partial charge in [0.15, 0.2) is 5.75 Å². The fourth-order valence-electron chi connectivity index (χ4n) is 1.18. The molecule has 0 aliphatic rings. The molecule has 0 radical (unpaired) electrons. The lowest BCUT2D eigenvalue weighted by Gasteiger charge is -2.04. The smallest absolute Gasteiger partial charge is 0.315 e. The number of nitrogens with one attached hydrogen (secondary N) is 1. The highest BCUT2D eigenvalue weighted by atomic mass is 16.6. The number of rotatable bonds is 4. The van der Waals surface area contributed by atoms with Crippen LogP contribution < -0.4 is 10.2 Å². The van der Waals surface area contributed by atoms with Crippen molar-refractivity contribution in [2.24, 2.45) is 5.10 Å². The van der Waals surface area contributed by atoms with Gasteiger partial charge in [0.25, 0.3) is 0 Å². The number of hydrogen-bond donors (Lipinski definition) is 2. The van der Waals surface area contributed by atoms with E-state index in [4.69, 9.17) is 4.74 Å². The molecule has 0 unspecified atom stereocenters. The number of hydrogen-bond acceptors (Lipinski definition) is 6. The minimum atomic E-state index is -0.742. The number of hydrazone groups is 1. The Hall–Kier alpha value is -2.64. The number of methoxy groups -OCH3 is 1. The van der Waals surface area contributed by atoms with E-state index in [-0.39, 0.29) is 11.7 Å². The fourth-order valence-corrected chi connectivity index (χ4v) is 1.18. The summed E-state index contributed by atoms with van der Waals surface area (Å²) < 4.78 is 4.80. The molecule has 0 bridgehead atoms. The van der Waals surface area contributed by atoms with Crippen molar-refractivity contribution in [2.45, 2.75) is 6.92 Å². The first-order valence-corrected chi connectivity index (χ1v) is 4.80. The third-order valence-electron chi connectivity index (χ3n) is 1.93. The summed E-state index contributed by atoms with van der Waals surface area (Å²) in [6.45, 7) is 1.27. The van der Waals surface area contributed by atoms with Gasteiger partial charge in [0.05, 0.1) is 18.2 Å². The second-order valence-corrected chi connectivity index (χ2v) is 3.27. The predicted octanol–water partition coefficient (Wildman–Crippen LogP) is 0.779. The second kappa shape index (κ2) is 5.62. The van der Waals surface area contributed by atoms with Gasteiger partial charge in [-0.2, -0.15) is 5.10 Å². The van der Waals surface area contributed by atoms with Crippen LogP contribution in [-0.4, -0.2) is 29.3 Å². The maximum Gasteiger partial charge on any atom is 0.315 e. The van der Waals surface area contributed by atoms with Crippen molar-refractivity contribution in [1.29, 1.82) is 0 Å². The normalized spacial score (nSPS) is 10.3. The summed E-state index contributed by atoms with van der Waals surface area (Å²) in [5, 5.41) is 23.8. The summed E-state index contributed by atoms with van der Waals surface area (Å²) in [5.74, 6) is -0.973. The first-order valence-electron chi connectivity index (χ1n) is 4.80. The Morgan fingerprint density at radius 2 is 2.28 bits per heavy atom. The van der Waals surface area contributed by atoms with E-state index in [1.54, 1.807) is 0 Å². The Morgan fingerprint density at radius 3 is 2.78 bits per heavy atom. The number of amides is 1. The molecule has 18 heavy (non-hydrogen) atoms. The van der Waals surface area contributed by atoms with Crippen LogP contribution in [0.25, 0.3) is 0 Å². The van der Waals surface area contributed by atoms with Gasteiger partial charge in [0.2, 0.25) is 11.7 Å². The standard InChI is InChI=1S/C10H11N3O5/c1-6(14)12-11-5-7-3-8(13(16)17)10(15)9(4-7)18-2/h3-5,15H,1-2H3,(H,12,14)/b11-5-. The van der Waals surface area contributed by atoms with Crippen molar-refractivity contribution >= 4 is 17.8 Å². The van der Waals surface area contributed by atoms with Crippen LogP contribution in [0.5, 0.6) is 11.5 Å². The molecule has 0 fully saturated rings. The molecular weight excluding hydrogens is 242 g/mol. The van der Waals surface area contributed by atoms with E-state index in [1.807, 2.05) is 0 Å². The number of carbonyl (C=O) groups is 1. The molecule has 1 amide bonds. The van der Waals surface area contributed by atoms with Crippen LogP contribution in [0.15, 0.2) is 17.2 Å². The lowest BCUT2D eigenvalue weighted by Crippen LogP contribution is -2.12. The molecule has 0 heterocycles. The summed E-state index contributed by atoms with van der Waals surface area (Å²) in [6, 6.07) is 2.47. The summed E-state index contributed by atoms with van der Waals surface area (Å²) in [5.41, 5.74) is 1.96. The molecule has 0 aliphatic heterocycles. The first-order chi connectivity index (χ1) is 8.45. The third kappa shape index (κ3) is 3.17. The van der Waals surface area contributed by atoms with Gasteiger partial charge in [0, 0.05) is 18.6 Å². The Labute approximate surface area is 102 Å². The molecule has 0 aromatic heterocycles. The number of carbonyl (C=O) groups excluding carboxylic acids is 1. The van der Waals surface area contributed by atoms with Gasteiger partial charge >= 0.3 is 5.69 Å². The average Bonchev–Trinajstić information content (AvgIpc) is 2.30. The molecule has 1 rings (SSSR count). The summed E-state index contributed by atoms with van der Waals surface area (Å²) in [4.78, 5) is 20.5. The molecule has 0 aliphatic carbocycles. The number of ether oxygens (including phenoxy) is 1. The molecule has 96 valence electrons. The number of nitro groups is 1. The minimum Gasteiger partial charge on any atom is -0.500 e. The predicted molar refractivity (Wildman–Crippen MR) is 62.7 cm³/mol. The molecule has 8 heteroatoms. The van der Waals surface area contributed by atoms with Crippen LogP contribution >= 0.6 is 0 Å². The van der Waals surface area contributed by atoms with Crippen molar-refractivity contribution in [3.63, 3.8) is 0 Å². The number of nitrogens with zero attached hydrogens (tertiary/aromatic N) is 2. The van der Waals surface area contributed by atoms with Gasteiger partial charge in [-0.3, -0.25) is 14.9 Å². The Bertz CT molecular complexity index is 512. The molecule has 0 saturated heterocycles. The monoisotopic (exact) mass is 253 g/mol.